The second kappa shape index (κ2) is 7.70. The van der Waals surface area contributed by atoms with Crippen molar-refractivity contribution in [2.45, 2.75) is 19.4 Å². The zero-order valence-corrected chi connectivity index (χ0v) is 15.4. The molecule has 5 nitrogen and oxygen atoms in total. The van der Waals surface area contributed by atoms with Crippen LogP contribution in [0.1, 0.15) is 28.8 Å². The first-order valence-corrected chi connectivity index (χ1v) is 8.78. The minimum Gasteiger partial charge on any atom is -0.496 e. The minimum atomic E-state index is -0.397. The van der Waals surface area contributed by atoms with Gasteiger partial charge < -0.3 is 14.4 Å². The monoisotopic (exact) mass is 403 g/mol. The maximum atomic E-state index is 12.2. The van der Waals surface area contributed by atoms with E-state index in [0.717, 1.165) is 34.4 Å². The van der Waals surface area contributed by atoms with Crippen LogP contribution in [0.25, 0.3) is 0 Å². The average molecular weight is 404 g/mol. The molecule has 130 valence electrons. The number of benzene rings is 2. The molecule has 0 atom stereocenters. The molecule has 3 rings (SSSR count). The van der Waals surface area contributed by atoms with Gasteiger partial charge in [0.2, 0.25) is 5.91 Å². The number of anilines is 1. The van der Waals surface area contributed by atoms with E-state index in [4.69, 9.17) is 9.47 Å². The molecule has 1 amide bonds. The lowest BCUT2D eigenvalue weighted by atomic mass is 10.2. The lowest BCUT2D eigenvalue weighted by molar-refractivity contribution is -0.117. The van der Waals surface area contributed by atoms with Crippen LogP contribution >= 0.6 is 15.9 Å². The zero-order chi connectivity index (χ0) is 17.8. The number of rotatable bonds is 5. The highest BCUT2D eigenvalue weighted by molar-refractivity contribution is 9.10. The molecule has 1 heterocycles. The molecule has 2 aromatic rings. The second-order valence-corrected chi connectivity index (χ2v) is 6.60. The Labute approximate surface area is 154 Å². The predicted molar refractivity (Wildman–Crippen MR) is 97.8 cm³/mol. The van der Waals surface area contributed by atoms with Gasteiger partial charge in [0.15, 0.2) is 0 Å². The zero-order valence-electron chi connectivity index (χ0n) is 13.8. The number of ether oxygens (including phenoxy) is 2. The van der Waals surface area contributed by atoms with E-state index in [1.165, 1.54) is 0 Å². The van der Waals surface area contributed by atoms with Crippen LogP contribution in [0, 0.1) is 0 Å². The van der Waals surface area contributed by atoms with Crippen molar-refractivity contribution in [3.63, 3.8) is 0 Å². The molecule has 1 aliphatic heterocycles. The first-order valence-electron chi connectivity index (χ1n) is 7.98. The molecule has 0 saturated carbocycles. The molecule has 0 radical (unpaired) electrons. The summed E-state index contributed by atoms with van der Waals surface area (Å²) in [6.45, 7) is 0.906. The highest BCUT2D eigenvalue weighted by atomic mass is 79.9. The number of hydrogen-bond donors (Lipinski definition) is 0. The Kier molecular flexibility index (Phi) is 5.38. The largest absolute Gasteiger partial charge is 0.496 e. The summed E-state index contributed by atoms with van der Waals surface area (Å²) in [5, 5.41) is 0. The molecule has 25 heavy (non-hydrogen) atoms. The Hall–Kier alpha value is -2.34. The molecule has 0 aromatic heterocycles. The van der Waals surface area contributed by atoms with E-state index in [2.05, 4.69) is 15.9 Å². The van der Waals surface area contributed by atoms with Crippen LogP contribution in [0.3, 0.4) is 0 Å². The van der Waals surface area contributed by atoms with E-state index in [1.54, 1.807) is 36.3 Å². The number of amides is 1. The summed E-state index contributed by atoms with van der Waals surface area (Å²) in [6, 6.07) is 12.5. The summed E-state index contributed by atoms with van der Waals surface area (Å²) >= 11 is 3.41. The normalized spacial score (nSPS) is 13.8. The number of carbonyl (C=O) groups excluding carboxylic acids is 2. The molecule has 0 spiro atoms. The summed E-state index contributed by atoms with van der Waals surface area (Å²) in [6.07, 6.45) is 1.46. The van der Waals surface area contributed by atoms with Crippen molar-refractivity contribution in [1.82, 2.24) is 0 Å². The van der Waals surface area contributed by atoms with Crippen molar-refractivity contribution in [2.75, 3.05) is 18.6 Å². The standard InChI is InChI=1S/C19H18BrNO4/c1-24-17-9-4-13(11-16(17)20)12-25-19(23)14-5-7-15(8-6-14)21-10-2-3-18(21)22/h4-9,11H,2-3,10,12H2,1H3. The Morgan fingerprint density at radius 3 is 2.56 bits per heavy atom. The predicted octanol–water partition coefficient (Wildman–Crippen LogP) is 3.94. The first kappa shape index (κ1) is 17.5. The van der Waals surface area contributed by atoms with Crippen LogP contribution < -0.4 is 9.64 Å². The van der Waals surface area contributed by atoms with Gasteiger partial charge >= 0.3 is 5.97 Å². The average Bonchev–Trinajstić information content (AvgIpc) is 3.06. The summed E-state index contributed by atoms with van der Waals surface area (Å²) in [7, 11) is 1.60. The Bertz CT molecular complexity index is 789. The maximum Gasteiger partial charge on any atom is 0.338 e. The minimum absolute atomic E-state index is 0.125. The van der Waals surface area contributed by atoms with Crippen LogP contribution in [0.5, 0.6) is 5.75 Å². The van der Waals surface area contributed by atoms with Crippen LogP contribution in [0.4, 0.5) is 5.69 Å². The fourth-order valence-corrected chi connectivity index (χ4v) is 3.32. The second-order valence-electron chi connectivity index (χ2n) is 5.74. The maximum absolute atomic E-state index is 12.2. The van der Waals surface area contributed by atoms with Crippen molar-refractivity contribution < 1.29 is 19.1 Å². The molecule has 6 heteroatoms. The summed E-state index contributed by atoms with van der Waals surface area (Å²) in [5.41, 5.74) is 2.14. The van der Waals surface area contributed by atoms with Crippen molar-refractivity contribution in [3.05, 3.63) is 58.1 Å². The van der Waals surface area contributed by atoms with Gasteiger partial charge in [-0.1, -0.05) is 6.07 Å². The van der Waals surface area contributed by atoms with Crippen molar-refractivity contribution in [2.24, 2.45) is 0 Å². The number of carbonyl (C=O) groups is 2. The van der Waals surface area contributed by atoms with E-state index < -0.39 is 5.97 Å². The third-order valence-electron chi connectivity index (χ3n) is 4.07. The van der Waals surface area contributed by atoms with Crippen molar-refractivity contribution in [3.8, 4) is 5.75 Å². The Morgan fingerprint density at radius 1 is 1.20 bits per heavy atom. The summed E-state index contributed by atoms with van der Waals surface area (Å²) < 4.78 is 11.3. The summed E-state index contributed by atoms with van der Waals surface area (Å²) in [4.78, 5) is 25.7. The highest BCUT2D eigenvalue weighted by Gasteiger charge is 2.21. The van der Waals surface area contributed by atoms with E-state index in [9.17, 15) is 9.59 Å². The highest BCUT2D eigenvalue weighted by Crippen LogP contribution is 2.26. The smallest absolute Gasteiger partial charge is 0.338 e. The van der Waals surface area contributed by atoms with Crippen LogP contribution in [0.2, 0.25) is 0 Å². The van der Waals surface area contributed by atoms with Crippen molar-refractivity contribution in [1.29, 1.82) is 0 Å². The van der Waals surface area contributed by atoms with Gasteiger partial charge in [0.25, 0.3) is 0 Å². The van der Waals surface area contributed by atoms with Gasteiger partial charge in [0, 0.05) is 18.7 Å². The van der Waals surface area contributed by atoms with Crippen LogP contribution in [0.15, 0.2) is 46.9 Å². The lowest BCUT2D eigenvalue weighted by Crippen LogP contribution is -2.23. The fourth-order valence-electron chi connectivity index (χ4n) is 2.73. The topological polar surface area (TPSA) is 55.8 Å². The SMILES string of the molecule is COc1ccc(COC(=O)c2ccc(N3CCCC3=O)cc2)cc1Br. The molecular formula is C19H18BrNO4. The van der Waals surface area contributed by atoms with Gasteiger partial charge in [-0.25, -0.2) is 4.79 Å². The Morgan fingerprint density at radius 2 is 1.96 bits per heavy atom. The van der Waals surface area contributed by atoms with Crippen LogP contribution in [-0.2, 0) is 16.1 Å². The van der Waals surface area contributed by atoms with E-state index in [1.807, 2.05) is 18.2 Å². The summed E-state index contributed by atoms with van der Waals surface area (Å²) in [5.74, 6) is 0.453. The number of hydrogen-bond acceptors (Lipinski definition) is 4. The van der Waals surface area contributed by atoms with Gasteiger partial charge in [-0.3, -0.25) is 4.79 Å². The van der Waals surface area contributed by atoms with E-state index >= 15 is 0 Å². The third-order valence-corrected chi connectivity index (χ3v) is 4.69. The number of nitrogens with zero attached hydrogens (tertiary/aromatic N) is 1. The van der Waals surface area contributed by atoms with Gasteiger partial charge in [-0.15, -0.1) is 0 Å². The van der Waals surface area contributed by atoms with E-state index in [-0.39, 0.29) is 12.5 Å². The van der Waals surface area contributed by atoms with Gasteiger partial charge in [-0.2, -0.15) is 0 Å². The first-order chi connectivity index (χ1) is 12.1. The quantitative estimate of drug-likeness (QED) is 0.709. The third kappa shape index (κ3) is 4.02. The number of methoxy groups -OCH3 is 1. The molecule has 1 fully saturated rings. The van der Waals surface area contributed by atoms with Gasteiger partial charge in [0.1, 0.15) is 12.4 Å². The molecular weight excluding hydrogens is 386 g/mol. The van der Waals surface area contributed by atoms with Gasteiger partial charge in [-0.05, 0) is 64.3 Å². The Balaban J connectivity index is 1.61. The molecule has 0 unspecified atom stereocenters. The van der Waals surface area contributed by atoms with Gasteiger partial charge in [0.05, 0.1) is 17.1 Å². The van der Waals surface area contributed by atoms with E-state index in [0.29, 0.717) is 12.0 Å². The number of halogens is 1. The lowest BCUT2D eigenvalue weighted by Gasteiger charge is -2.15. The van der Waals surface area contributed by atoms with Crippen LogP contribution in [-0.4, -0.2) is 25.5 Å². The molecule has 0 N–H and O–H groups in total. The molecule has 1 saturated heterocycles. The fraction of sp³-hybridized carbons (Fsp3) is 0.263. The molecule has 2 aromatic carbocycles. The molecule has 0 bridgehead atoms. The number of esters is 1. The van der Waals surface area contributed by atoms with Crippen molar-refractivity contribution >= 4 is 33.5 Å². The molecule has 1 aliphatic rings. The molecule has 0 aliphatic carbocycles.